The van der Waals surface area contributed by atoms with E-state index in [9.17, 15) is 0 Å². The Morgan fingerprint density at radius 1 is 0.833 bits per heavy atom. The standard InChI is InChI=1S/C16H30N2/c1-5-8-11-14-15(12-9-6-2)18(4)16(17-14)13-10-7-3/h5-13H2,1-4H3/p+1. The van der Waals surface area contributed by atoms with E-state index < -0.39 is 0 Å². The van der Waals surface area contributed by atoms with Crippen LogP contribution in [0, 0.1) is 0 Å². The van der Waals surface area contributed by atoms with E-state index in [2.05, 4.69) is 37.4 Å². The molecular formula is C16H31N2+. The predicted molar refractivity (Wildman–Crippen MR) is 77.8 cm³/mol. The van der Waals surface area contributed by atoms with Gasteiger partial charge in [0.25, 0.3) is 5.82 Å². The highest BCUT2D eigenvalue weighted by Crippen LogP contribution is 2.12. The van der Waals surface area contributed by atoms with Crippen molar-refractivity contribution in [2.24, 2.45) is 7.05 Å². The molecule has 1 aromatic rings. The third kappa shape index (κ3) is 4.15. The van der Waals surface area contributed by atoms with Crippen LogP contribution >= 0.6 is 0 Å². The van der Waals surface area contributed by atoms with Gasteiger partial charge in [0.15, 0.2) is 0 Å². The largest absolute Gasteiger partial charge is 0.254 e. The fourth-order valence-electron chi connectivity index (χ4n) is 2.49. The minimum Gasteiger partial charge on any atom is -0.245 e. The van der Waals surface area contributed by atoms with Crippen LogP contribution in [0.3, 0.4) is 0 Å². The Kier molecular flexibility index (Phi) is 7.07. The Hall–Kier alpha value is -0.790. The van der Waals surface area contributed by atoms with Crippen molar-refractivity contribution in [1.82, 2.24) is 4.98 Å². The van der Waals surface area contributed by atoms with Gasteiger partial charge < -0.3 is 0 Å². The van der Waals surface area contributed by atoms with Crippen LogP contribution in [0.4, 0.5) is 0 Å². The number of aromatic amines is 1. The first kappa shape index (κ1) is 15.3. The number of aryl methyl sites for hydroxylation is 2. The summed E-state index contributed by atoms with van der Waals surface area (Å²) in [6.07, 6.45) is 11.4. The highest BCUT2D eigenvalue weighted by molar-refractivity contribution is 5.09. The molecule has 1 heterocycles. The number of H-pyrrole nitrogens is 1. The van der Waals surface area contributed by atoms with Crippen LogP contribution in [0.1, 0.15) is 76.5 Å². The molecule has 0 spiro atoms. The quantitative estimate of drug-likeness (QED) is 0.643. The molecule has 0 aliphatic rings. The molecule has 0 atom stereocenters. The summed E-state index contributed by atoms with van der Waals surface area (Å²) in [6, 6.07) is 0. The highest BCUT2D eigenvalue weighted by atomic mass is 15.1. The molecule has 0 aliphatic heterocycles. The summed E-state index contributed by atoms with van der Waals surface area (Å²) in [4.78, 5) is 3.69. The zero-order valence-corrected chi connectivity index (χ0v) is 12.8. The van der Waals surface area contributed by atoms with Crippen LogP contribution in [-0.2, 0) is 26.3 Å². The van der Waals surface area contributed by atoms with Gasteiger partial charge in [0.1, 0.15) is 11.4 Å². The van der Waals surface area contributed by atoms with E-state index in [1.165, 1.54) is 69.3 Å². The number of nitrogens with one attached hydrogen (secondary N) is 1. The second-order valence-electron chi connectivity index (χ2n) is 5.37. The number of hydrogen-bond acceptors (Lipinski definition) is 0. The summed E-state index contributed by atoms with van der Waals surface area (Å²) in [6.45, 7) is 6.81. The Morgan fingerprint density at radius 3 is 2.00 bits per heavy atom. The van der Waals surface area contributed by atoms with E-state index in [-0.39, 0.29) is 0 Å². The molecule has 0 aliphatic carbocycles. The zero-order chi connectivity index (χ0) is 13.4. The number of imidazole rings is 1. The molecule has 1 N–H and O–H groups in total. The first-order chi connectivity index (χ1) is 8.74. The zero-order valence-electron chi connectivity index (χ0n) is 12.8. The first-order valence-corrected chi connectivity index (χ1v) is 7.83. The van der Waals surface area contributed by atoms with Crippen molar-refractivity contribution in [3.63, 3.8) is 0 Å². The van der Waals surface area contributed by atoms with E-state index in [0.29, 0.717) is 0 Å². The van der Waals surface area contributed by atoms with Gasteiger partial charge in [-0.05, 0) is 19.3 Å². The van der Waals surface area contributed by atoms with E-state index >= 15 is 0 Å². The lowest BCUT2D eigenvalue weighted by Crippen LogP contribution is -2.35. The number of hydrogen-bond donors (Lipinski definition) is 1. The monoisotopic (exact) mass is 251 g/mol. The van der Waals surface area contributed by atoms with Crippen LogP contribution in [0.15, 0.2) is 0 Å². The second-order valence-corrected chi connectivity index (χ2v) is 5.37. The third-order valence-electron chi connectivity index (χ3n) is 3.77. The van der Waals surface area contributed by atoms with Crippen LogP contribution in [0.25, 0.3) is 0 Å². The lowest BCUT2D eigenvalue weighted by molar-refractivity contribution is -0.685. The number of nitrogens with zero attached hydrogens (tertiary/aromatic N) is 1. The maximum atomic E-state index is 3.69. The van der Waals surface area contributed by atoms with E-state index in [1.807, 2.05) is 0 Å². The maximum Gasteiger partial charge on any atom is 0.254 e. The van der Waals surface area contributed by atoms with Crippen molar-refractivity contribution < 1.29 is 4.57 Å². The fraction of sp³-hybridized carbons (Fsp3) is 0.812. The molecule has 18 heavy (non-hydrogen) atoms. The minimum absolute atomic E-state index is 1.19. The van der Waals surface area contributed by atoms with Crippen molar-refractivity contribution >= 4 is 0 Å². The molecule has 0 radical (unpaired) electrons. The molecular weight excluding hydrogens is 220 g/mol. The van der Waals surface area contributed by atoms with E-state index in [0.717, 1.165) is 0 Å². The van der Waals surface area contributed by atoms with Gasteiger partial charge in [0.2, 0.25) is 0 Å². The SMILES string of the molecule is CCCCc1[nH]c(CCCC)[n+](C)c1CCCC. The highest BCUT2D eigenvalue weighted by Gasteiger charge is 2.20. The Balaban J connectivity index is 2.83. The van der Waals surface area contributed by atoms with Crippen molar-refractivity contribution in [2.45, 2.75) is 78.6 Å². The summed E-state index contributed by atoms with van der Waals surface area (Å²) < 4.78 is 2.43. The summed E-state index contributed by atoms with van der Waals surface area (Å²) in [5.74, 6) is 1.43. The lowest BCUT2D eigenvalue weighted by atomic mass is 10.1. The van der Waals surface area contributed by atoms with Gasteiger partial charge in [-0.1, -0.05) is 40.0 Å². The fourth-order valence-corrected chi connectivity index (χ4v) is 2.49. The number of aromatic nitrogens is 2. The smallest absolute Gasteiger partial charge is 0.245 e. The van der Waals surface area contributed by atoms with Crippen LogP contribution in [-0.4, -0.2) is 4.98 Å². The second kappa shape index (κ2) is 8.34. The first-order valence-electron chi connectivity index (χ1n) is 7.83. The van der Waals surface area contributed by atoms with Gasteiger partial charge in [-0.2, -0.15) is 0 Å². The van der Waals surface area contributed by atoms with Gasteiger partial charge in [0, 0.05) is 19.3 Å². The van der Waals surface area contributed by atoms with Gasteiger partial charge in [-0.3, -0.25) is 0 Å². The van der Waals surface area contributed by atoms with Crippen molar-refractivity contribution in [3.8, 4) is 0 Å². The Morgan fingerprint density at radius 2 is 1.39 bits per heavy atom. The molecule has 1 aromatic heterocycles. The molecule has 104 valence electrons. The molecule has 1 rings (SSSR count). The average molecular weight is 251 g/mol. The van der Waals surface area contributed by atoms with Crippen molar-refractivity contribution in [1.29, 1.82) is 0 Å². The molecule has 0 saturated carbocycles. The number of unbranched alkanes of at least 4 members (excludes halogenated alkanes) is 3. The van der Waals surface area contributed by atoms with E-state index in [1.54, 1.807) is 5.69 Å². The van der Waals surface area contributed by atoms with Gasteiger partial charge in [0.05, 0.1) is 7.05 Å². The number of rotatable bonds is 9. The van der Waals surface area contributed by atoms with Gasteiger partial charge in [-0.15, -0.1) is 0 Å². The summed E-state index contributed by atoms with van der Waals surface area (Å²) in [5.41, 5.74) is 3.05. The van der Waals surface area contributed by atoms with Gasteiger partial charge in [-0.25, -0.2) is 9.55 Å². The summed E-state index contributed by atoms with van der Waals surface area (Å²) in [5, 5.41) is 0. The third-order valence-corrected chi connectivity index (χ3v) is 3.77. The van der Waals surface area contributed by atoms with E-state index in [4.69, 9.17) is 0 Å². The molecule has 0 saturated heterocycles. The van der Waals surface area contributed by atoms with Crippen LogP contribution in [0.5, 0.6) is 0 Å². The predicted octanol–water partition coefficient (Wildman–Crippen LogP) is 3.87. The summed E-state index contributed by atoms with van der Waals surface area (Å²) >= 11 is 0. The molecule has 0 aromatic carbocycles. The molecule has 0 bridgehead atoms. The lowest BCUT2D eigenvalue weighted by Gasteiger charge is -2.00. The minimum atomic E-state index is 1.19. The molecule has 2 heteroatoms. The molecule has 0 amide bonds. The Labute approximate surface area is 113 Å². The van der Waals surface area contributed by atoms with Crippen molar-refractivity contribution in [2.75, 3.05) is 0 Å². The van der Waals surface area contributed by atoms with Crippen LogP contribution in [0.2, 0.25) is 0 Å². The molecule has 2 nitrogen and oxygen atoms in total. The normalized spacial score (nSPS) is 11.1. The molecule has 0 fully saturated rings. The maximum absolute atomic E-state index is 3.69. The van der Waals surface area contributed by atoms with Crippen molar-refractivity contribution in [3.05, 3.63) is 17.2 Å². The topological polar surface area (TPSA) is 19.7 Å². The average Bonchev–Trinajstić information content (AvgIpc) is 2.68. The van der Waals surface area contributed by atoms with Gasteiger partial charge >= 0.3 is 0 Å². The summed E-state index contributed by atoms with van der Waals surface area (Å²) in [7, 11) is 2.24. The van der Waals surface area contributed by atoms with Crippen LogP contribution < -0.4 is 4.57 Å². The molecule has 0 unspecified atom stereocenters. The Bertz CT molecular complexity index is 339.